The van der Waals surface area contributed by atoms with E-state index in [1.165, 1.54) is 12.1 Å². The van der Waals surface area contributed by atoms with Gasteiger partial charge in [0.1, 0.15) is 23.8 Å². The molecule has 0 fully saturated rings. The highest BCUT2D eigenvalue weighted by Gasteiger charge is 2.15. The van der Waals surface area contributed by atoms with Crippen molar-refractivity contribution in [2.75, 3.05) is 16.3 Å². The van der Waals surface area contributed by atoms with E-state index in [0.29, 0.717) is 0 Å². The van der Waals surface area contributed by atoms with E-state index in [1.807, 2.05) is 7.05 Å². The van der Waals surface area contributed by atoms with Crippen LogP contribution in [-0.4, -0.2) is 30.3 Å². The molecule has 8 nitrogen and oxygen atoms in total. The average Bonchev–Trinajstić information content (AvgIpc) is 2.78. The predicted octanol–water partition coefficient (Wildman–Crippen LogP) is -2.31. The molecule has 1 amide bonds. The molecule has 2 rings (SSSR count). The van der Waals surface area contributed by atoms with Gasteiger partial charge in [-0.15, -0.1) is 0 Å². The lowest BCUT2D eigenvalue weighted by molar-refractivity contribution is -0.671. The minimum atomic E-state index is -3.58. The van der Waals surface area contributed by atoms with Crippen LogP contribution in [0.3, 0.4) is 0 Å². The molecule has 132 valence electrons. The summed E-state index contributed by atoms with van der Waals surface area (Å²) in [5.74, 6) is -0.703. The van der Waals surface area contributed by atoms with Crippen molar-refractivity contribution in [3.63, 3.8) is 0 Å². The zero-order valence-electron chi connectivity index (χ0n) is 12.8. The highest BCUT2D eigenvalue weighted by molar-refractivity contribution is 7.92. The maximum atomic E-state index is 12.0. The van der Waals surface area contributed by atoms with Gasteiger partial charge in [-0.05, 0) is 6.07 Å². The first-order valence-electron chi connectivity index (χ1n) is 6.45. The standard InChI is InChI=1S/C13H15ClN4O4S.ClH/c1-17-3-4-18(8-17)7-12(20)15-9-5-10(14)13(11(19)6-9)16-23(2,21)22;/h3-6,8,16H,7H2,1-2H3,(H-,15,19,20);1H. The van der Waals surface area contributed by atoms with E-state index < -0.39 is 10.0 Å². The summed E-state index contributed by atoms with van der Waals surface area (Å²) in [6.07, 6.45) is 6.21. The molecule has 0 spiro atoms. The third-order valence-corrected chi connectivity index (χ3v) is 3.66. The van der Waals surface area contributed by atoms with Crippen LogP contribution in [0.4, 0.5) is 11.4 Å². The van der Waals surface area contributed by atoms with Gasteiger partial charge in [0.15, 0.2) is 6.54 Å². The van der Waals surface area contributed by atoms with Crippen molar-refractivity contribution in [3.8, 4) is 5.75 Å². The van der Waals surface area contributed by atoms with Gasteiger partial charge in [-0.25, -0.2) is 17.6 Å². The van der Waals surface area contributed by atoms with E-state index in [2.05, 4.69) is 10.0 Å². The number of anilines is 2. The molecule has 0 unspecified atom stereocenters. The monoisotopic (exact) mass is 394 g/mol. The number of amides is 1. The minimum absolute atomic E-state index is 0. The van der Waals surface area contributed by atoms with Gasteiger partial charge in [0.2, 0.25) is 16.4 Å². The molecule has 1 heterocycles. The SMILES string of the molecule is C[n+]1ccn(CC(=O)Nc2cc(O)c(NS(C)(=O)=O)c(Cl)c2)c1.[Cl-]. The van der Waals surface area contributed by atoms with Crippen LogP contribution < -0.4 is 27.0 Å². The quantitative estimate of drug-likeness (QED) is 0.391. The Labute approximate surface area is 150 Å². The summed E-state index contributed by atoms with van der Waals surface area (Å²) in [5, 5.41) is 12.4. The second kappa shape index (κ2) is 7.73. The van der Waals surface area contributed by atoms with Crippen molar-refractivity contribution >= 4 is 38.9 Å². The molecule has 0 atom stereocenters. The number of aryl methyl sites for hydroxylation is 1. The summed E-state index contributed by atoms with van der Waals surface area (Å²) in [6, 6.07) is 2.56. The van der Waals surface area contributed by atoms with Gasteiger partial charge in [-0.2, -0.15) is 0 Å². The van der Waals surface area contributed by atoms with Gasteiger partial charge >= 0.3 is 0 Å². The number of aromatic hydroxyl groups is 1. The molecule has 24 heavy (non-hydrogen) atoms. The second-order valence-corrected chi connectivity index (χ2v) is 7.18. The molecule has 0 saturated carbocycles. The lowest BCUT2D eigenvalue weighted by Gasteiger charge is -2.11. The maximum Gasteiger partial charge on any atom is 0.266 e. The van der Waals surface area contributed by atoms with Crippen LogP contribution in [0.5, 0.6) is 5.75 Å². The van der Waals surface area contributed by atoms with Crippen molar-refractivity contribution in [3.05, 3.63) is 35.9 Å². The van der Waals surface area contributed by atoms with Gasteiger partial charge in [0, 0.05) is 11.8 Å². The molecule has 0 aliphatic heterocycles. The van der Waals surface area contributed by atoms with E-state index in [9.17, 15) is 18.3 Å². The van der Waals surface area contributed by atoms with Crippen molar-refractivity contribution < 1.29 is 35.3 Å². The Bertz CT molecular complexity index is 828. The maximum absolute atomic E-state index is 12.0. The summed E-state index contributed by atoms with van der Waals surface area (Å²) in [7, 11) is -1.75. The lowest BCUT2D eigenvalue weighted by atomic mass is 10.2. The van der Waals surface area contributed by atoms with Gasteiger partial charge in [0.05, 0.1) is 18.3 Å². The topological polar surface area (TPSA) is 104 Å². The molecule has 1 aromatic heterocycles. The molecule has 0 aliphatic carbocycles. The highest BCUT2D eigenvalue weighted by Crippen LogP contribution is 2.35. The molecule has 0 aliphatic rings. The molecule has 0 radical (unpaired) electrons. The fraction of sp³-hybridized carbons (Fsp3) is 0.231. The lowest BCUT2D eigenvalue weighted by Crippen LogP contribution is -3.00. The Morgan fingerprint density at radius 1 is 1.42 bits per heavy atom. The van der Waals surface area contributed by atoms with Crippen LogP contribution >= 0.6 is 11.6 Å². The molecular formula is C13H16Cl2N4O4S. The molecule has 0 bridgehead atoms. The van der Waals surface area contributed by atoms with Crippen LogP contribution in [0.2, 0.25) is 5.02 Å². The zero-order chi connectivity index (χ0) is 17.2. The smallest absolute Gasteiger partial charge is 0.266 e. The number of imidazole rings is 1. The summed E-state index contributed by atoms with van der Waals surface area (Å²) >= 11 is 5.94. The largest absolute Gasteiger partial charge is 1.00 e. The first kappa shape index (κ1) is 20.1. The molecular weight excluding hydrogens is 379 g/mol. The third-order valence-electron chi connectivity index (χ3n) is 2.79. The van der Waals surface area contributed by atoms with Crippen molar-refractivity contribution in [2.24, 2.45) is 7.05 Å². The molecule has 1 aromatic carbocycles. The zero-order valence-corrected chi connectivity index (χ0v) is 15.2. The number of aromatic nitrogens is 2. The Kier molecular flexibility index (Phi) is 6.47. The Morgan fingerprint density at radius 3 is 2.58 bits per heavy atom. The first-order valence-corrected chi connectivity index (χ1v) is 8.72. The number of nitrogens with one attached hydrogen (secondary N) is 2. The first-order chi connectivity index (χ1) is 10.6. The van der Waals surface area contributed by atoms with Gasteiger partial charge < -0.3 is 22.8 Å². The second-order valence-electron chi connectivity index (χ2n) is 5.03. The minimum Gasteiger partial charge on any atom is -1.00 e. The van der Waals surface area contributed by atoms with Crippen LogP contribution in [0, 0.1) is 0 Å². The van der Waals surface area contributed by atoms with E-state index in [0.717, 1.165) is 6.26 Å². The van der Waals surface area contributed by atoms with Crippen LogP contribution in [-0.2, 0) is 28.4 Å². The Balaban J connectivity index is 0.00000288. The Hall–Kier alpha value is -1.97. The van der Waals surface area contributed by atoms with Crippen LogP contribution in [0.25, 0.3) is 0 Å². The van der Waals surface area contributed by atoms with Gasteiger partial charge in [-0.3, -0.25) is 9.52 Å². The van der Waals surface area contributed by atoms with Crippen LogP contribution in [0.15, 0.2) is 30.9 Å². The molecule has 3 N–H and O–H groups in total. The van der Waals surface area contributed by atoms with E-state index in [1.54, 1.807) is 27.9 Å². The number of carbonyl (C=O) groups is 1. The van der Waals surface area contributed by atoms with Crippen LogP contribution in [0.1, 0.15) is 0 Å². The number of phenolic OH excluding ortho intramolecular Hbond substituents is 1. The number of rotatable bonds is 5. The number of carbonyl (C=O) groups excluding carboxylic acids is 1. The summed E-state index contributed by atoms with van der Waals surface area (Å²) in [4.78, 5) is 12.0. The van der Waals surface area contributed by atoms with E-state index >= 15 is 0 Å². The van der Waals surface area contributed by atoms with Crippen molar-refractivity contribution in [1.29, 1.82) is 0 Å². The number of halogens is 2. The third kappa shape index (κ3) is 5.59. The number of hydrogen-bond donors (Lipinski definition) is 3. The van der Waals surface area contributed by atoms with Gasteiger partial charge in [-0.1, -0.05) is 11.6 Å². The van der Waals surface area contributed by atoms with E-state index in [-0.39, 0.29) is 47.0 Å². The van der Waals surface area contributed by atoms with Gasteiger partial charge in [0.25, 0.3) is 5.91 Å². The highest BCUT2D eigenvalue weighted by atomic mass is 35.5. The number of benzene rings is 1. The fourth-order valence-corrected chi connectivity index (χ4v) is 2.82. The van der Waals surface area contributed by atoms with Crippen molar-refractivity contribution in [2.45, 2.75) is 6.54 Å². The molecule has 2 aromatic rings. The Morgan fingerprint density at radius 2 is 2.08 bits per heavy atom. The normalized spacial score (nSPS) is 10.8. The number of sulfonamides is 1. The summed E-state index contributed by atoms with van der Waals surface area (Å²) in [5.41, 5.74) is 0.123. The molecule has 11 heteroatoms. The van der Waals surface area contributed by atoms with E-state index in [4.69, 9.17) is 11.6 Å². The fourth-order valence-electron chi connectivity index (χ4n) is 1.91. The summed E-state index contributed by atoms with van der Waals surface area (Å²) in [6.45, 7) is 0.0859. The number of phenols is 1. The molecule has 0 saturated heterocycles. The predicted molar refractivity (Wildman–Crippen MR) is 85.8 cm³/mol. The van der Waals surface area contributed by atoms with Crippen molar-refractivity contribution in [1.82, 2.24) is 4.57 Å². The number of nitrogens with zero attached hydrogens (tertiary/aromatic N) is 2. The number of hydrogen-bond acceptors (Lipinski definition) is 4. The average molecular weight is 395 g/mol. The summed E-state index contributed by atoms with van der Waals surface area (Å²) < 4.78 is 28.0.